The number of hydrogen-bond acceptors (Lipinski definition) is 6. The Kier molecular flexibility index (Phi) is 7.27. The first-order chi connectivity index (χ1) is 9.79. The molecule has 0 amide bonds. The van der Waals surface area contributed by atoms with Crippen molar-refractivity contribution in [3.05, 3.63) is 36.7 Å². The highest BCUT2D eigenvalue weighted by molar-refractivity contribution is 7.99. The predicted molar refractivity (Wildman–Crippen MR) is 79.4 cm³/mol. The van der Waals surface area contributed by atoms with Crippen LogP contribution >= 0.6 is 11.8 Å². The van der Waals surface area contributed by atoms with E-state index < -0.39 is 0 Å². The molecular formula is C14H17N3O2S. The molecule has 0 aliphatic carbocycles. The zero-order chi connectivity index (χ0) is 14.8. The van der Waals surface area contributed by atoms with Gasteiger partial charge >= 0.3 is 5.97 Å². The van der Waals surface area contributed by atoms with Crippen molar-refractivity contribution in [1.82, 2.24) is 15.0 Å². The summed E-state index contributed by atoms with van der Waals surface area (Å²) in [6.07, 6.45) is 3.36. The minimum absolute atomic E-state index is 0.197. The third-order valence-electron chi connectivity index (χ3n) is 2.11. The van der Waals surface area contributed by atoms with E-state index in [-0.39, 0.29) is 11.7 Å². The summed E-state index contributed by atoms with van der Waals surface area (Å²) < 4.78 is 4.56. The third-order valence-corrected chi connectivity index (χ3v) is 2.94. The topological polar surface area (TPSA) is 65.0 Å². The van der Waals surface area contributed by atoms with Crippen molar-refractivity contribution in [2.24, 2.45) is 0 Å². The van der Waals surface area contributed by atoms with Gasteiger partial charge in [0.2, 0.25) is 0 Å². The largest absolute Gasteiger partial charge is 0.468 e. The molecule has 2 heterocycles. The molecule has 6 heteroatoms. The van der Waals surface area contributed by atoms with Gasteiger partial charge in [0.05, 0.1) is 24.3 Å². The van der Waals surface area contributed by atoms with Crippen LogP contribution in [-0.2, 0) is 9.53 Å². The van der Waals surface area contributed by atoms with Crippen LogP contribution in [-0.4, -0.2) is 33.8 Å². The molecule has 2 rings (SSSR count). The minimum atomic E-state index is -0.299. The fourth-order valence-electron chi connectivity index (χ4n) is 1.25. The lowest BCUT2D eigenvalue weighted by molar-refractivity contribution is -0.137. The number of ether oxygens (including phenoxy) is 1. The second-order valence-electron chi connectivity index (χ2n) is 3.30. The molecule has 106 valence electrons. The monoisotopic (exact) mass is 291 g/mol. The standard InChI is InChI=1S/C12H11N3O2S.C2H6/c1-17-11(16)8-18-12-14-7-5-10(15-12)9-4-2-3-6-13-9;1-2/h2-7H,8H2,1H3;1-2H3. The van der Waals surface area contributed by atoms with E-state index in [4.69, 9.17) is 0 Å². The highest BCUT2D eigenvalue weighted by Crippen LogP contribution is 2.18. The Labute approximate surface area is 122 Å². The first kappa shape index (κ1) is 16.1. The lowest BCUT2D eigenvalue weighted by atomic mass is 10.3. The molecule has 0 fully saturated rings. The second kappa shape index (κ2) is 9.03. The number of carbonyl (C=O) groups excluding carboxylic acids is 1. The number of esters is 1. The summed E-state index contributed by atoms with van der Waals surface area (Å²) in [6.45, 7) is 4.00. The number of rotatable bonds is 4. The van der Waals surface area contributed by atoms with Crippen molar-refractivity contribution < 1.29 is 9.53 Å². The van der Waals surface area contributed by atoms with Crippen LogP contribution < -0.4 is 0 Å². The maximum Gasteiger partial charge on any atom is 0.316 e. The van der Waals surface area contributed by atoms with Crippen molar-refractivity contribution in [3.63, 3.8) is 0 Å². The minimum Gasteiger partial charge on any atom is -0.468 e. The SMILES string of the molecule is CC.COC(=O)CSc1nccc(-c2ccccn2)n1. The highest BCUT2D eigenvalue weighted by atomic mass is 32.2. The van der Waals surface area contributed by atoms with Gasteiger partial charge in [-0.25, -0.2) is 9.97 Å². The lowest BCUT2D eigenvalue weighted by Crippen LogP contribution is -2.04. The van der Waals surface area contributed by atoms with Gasteiger partial charge in [-0.05, 0) is 18.2 Å². The van der Waals surface area contributed by atoms with Gasteiger partial charge in [-0.3, -0.25) is 9.78 Å². The summed E-state index contributed by atoms with van der Waals surface area (Å²) in [5, 5.41) is 0.531. The molecule has 0 aliphatic rings. The van der Waals surface area contributed by atoms with Crippen molar-refractivity contribution >= 4 is 17.7 Å². The molecule has 0 aromatic carbocycles. The van der Waals surface area contributed by atoms with E-state index in [1.54, 1.807) is 18.5 Å². The summed E-state index contributed by atoms with van der Waals surface area (Å²) in [5.74, 6) is -0.103. The molecule has 0 atom stereocenters. The molecule has 0 saturated carbocycles. The van der Waals surface area contributed by atoms with Gasteiger partial charge in [-0.2, -0.15) is 0 Å². The van der Waals surface area contributed by atoms with Gasteiger partial charge < -0.3 is 4.74 Å². The predicted octanol–water partition coefficient (Wildman–Crippen LogP) is 2.83. The lowest BCUT2D eigenvalue weighted by Gasteiger charge is -2.02. The molecular weight excluding hydrogens is 274 g/mol. The molecule has 20 heavy (non-hydrogen) atoms. The van der Waals surface area contributed by atoms with Gasteiger partial charge in [0.15, 0.2) is 5.16 Å². The summed E-state index contributed by atoms with van der Waals surface area (Å²) in [4.78, 5) is 23.7. The van der Waals surface area contributed by atoms with Gasteiger partial charge in [0, 0.05) is 12.4 Å². The summed E-state index contributed by atoms with van der Waals surface area (Å²) in [5.41, 5.74) is 1.51. The Morgan fingerprint density at radius 3 is 2.60 bits per heavy atom. The average Bonchev–Trinajstić information content (AvgIpc) is 2.55. The van der Waals surface area contributed by atoms with Crippen LogP contribution in [0.2, 0.25) is 0 Å². The molecule has 0 aliphatic heterocycles. The highest BCUT2D eigenvalue weighted by Gasteiger charge is 2.06. The van der Waals surface area contributed by atoms with Crippen LogP contribution in [0.5, 0.6) is 0 Å². The van der Waals surface area contributed by atoms with E-state index in [2.05, 4.69) is 19.7 Å². The number of hydrogen-bond donors (Lipinski definition) is 0. The second-order valence-corrected chi connectivity index (χ2v) is 4.25. The molecule has 0 saturated heterocycles. The van der Waals surface area contributed by atoms with Crippen LogP contribution in [0, 0.1) is 0 Å². The molecule has 0 bridgehead atoms. The number of aromatic nitrogens is 3. The Morgan fingerprint density at radius 1 is 1.15 bits per heavy atom. The van der Waals surface area contributed by atoms with Crippen molar-refractivity contribution in [2.75, 3.05) is 12.9 Å². The van der Waals surface area contributed by atoms with Gasteiger partial charge in [0.25, 0.3) is 0 Å². The molecule has 2 aromatic rings. The first-order valence-corrected chi connectivity index (χ1v) is 7.22. The molecule has 0 unspecified atom stereocenters. The summed E-state index contributed by atoms with van der Waals surface area (Å²) in [7, 11) is 1.36. The molecule has 0 spiro atoms. The number of carbonyl (C=O) groups is 1. The van der Waals surface area contributed by atoms with Crippen LogP contribution in [0.3, 0.4) is 0 Å². The zero-order valence-electron chi connectivity index (χ0n) is 11.7. The number of pyridine rings is 1. The maximum absolute atomic E-state index is 11.0. The smallest absolute Gasteiger partial charge is 0.316 e. The normalized spacial score (nSPS) is 9.35. The number of thioether (sulfide) groups is 1. The fraction of sp³-hybridized carbons (Fsp3) is 0.286. The summed E-state index contributed by atoms with van der Waals surface area (Å²) >= 11 is 1.24. The Bertz CT molecular complexity index is 535. The average molecular weight is 291 g/mol. The van der Waals surface area contributed by atoms with Crippen molar-refractivity contribution in [1.29, 1.82) is 0 Å². The van der Waals surface area contributed by atoms with E-state index in [9.17, 15) is 4.79 Å². The van der Waals surface area contributed by atoms with Crippen LogP contribution in [0.4, 0.5) is 0 Å². The summed E-state index contributed by atoms with van der Waals surface area (Å²) in [6, 6.07) is 7.39. The quantitative estimate of drug-likeness (QED) is 0.490. The van der Waals surface area contributed by atoms with Crippen LogP contribution in [0.15, 0.2) is 41.8 Å². The van der Waals surface area contributed by atoms with E-state index in [1.165, 1.54) is 18.9 Å². The zero-order valence-corrected chi connectivity index (χ0v) is 12.6. The van der Waals surface area contributed by atoms with E-state index in [0.29, 0.717) is 5.16 Å². The first-order valence-electron chi connectivity index (χ1n) is 6.23. The van der Waals surface area contributed by atoms with E-state index in [1.807, 2.05) is 32.0 Å². The van der Waals surface area contributed by atoms with E-state index >= 15 is 0 Å². The molecule has 5 nitrogen and oxygen atoms in total. The third kappa shape index (κ3) is 4.97. The van der Waals surface area contributed by atoms with Crippen LogP contribution in [0.25, 0.3) is 11.4 Å². The Hall–Kier alpha value is -1.95. The maximum atomic E-state index is 11.0. The van der Waals surface area contributed by atoms with Gasteiger partial charge in [-0.15, -0.1) is 0 Å². The fourth-order valence-corrected chi connectivity index (χ4v) is 1.91. The van der Waals surface area contributed by atoms with E-state index in [0.717, 1.165) is 11.4 Å². The molecule has 2 aromatic heterocycles. The molecule has 0 N–H and O–H groups in total. The van der Waals surface area contributed by atoms with Crippen LogP contribution in [0.1, 0.15) is 13.8 Å². The number of methoxy groups -OCH3 is 1. The van der Waals surface area contributed by atoms with Crippen molar-refractivity contribution in [3.8, 4) is 11.4 Å². The van der Waals surface area contributed by atoms with Gasteiger partial charge in [-0.1, -0.05) is 31.7 Å². The Balaban J connectivity index is 0.000000956. The number of nitrogens with zero attached hydrogens (tertiary/aromatic N) is 3. The van der Waals surface area contributed by atoms with Crippen molar-refractivity contribution in [2.45, 2.75) is 19.0 Å². The molecule has 0 radical (unpaired) electrons. The Morgan fingerprint density at radius 2 is 1.95 bits per heavy atom. The van der Waals surface area contributed by atoms with Gasteiger partial charge in [0.1, 0.15) is 0 Å².